The summed E-state index contributed by atoms with van der Waals surface area (Å²) in [6.45, 7) is 6.51. The SMILES string of the molecule is C[C@H]1C2=CCC=C(C=O)N2CCN1C(=O)/C=C/CN1CCC1. The third-order valence-electron chi connectivity index (χ3n) is 4.71. The zero-order valence-electron chi connectivity index (χ0n) is 13.1. The third-order valence-corrected chi connectivity index (χ3v) is 4.71. The van der Waals surface area contributed by atoms with Crippen molar-refractivity contribution in [2.75, 3.05) is 32.7 Å². The molecular weight excluding hydrogens is 278 g/mol. The van der Waals surface area contributed by atoms with E-state index in [0.29, 0.717) is 13.1 Å². The molecule has 0 aromatic carbocycles. The number of allylic oxidation sites excluding steroid dienone is 3. The molecule has 1 amide bonds. The number of aldehydes is 1. The second kappa shape index (κ2) is 6.48. The average Bonchev–Trinajstić information content (AvgIpc) is 2.49. The zero-order valence-corrected chi connectivity index (χ0v) is 13.1. The molecular formula is C17H23N3O2. The highest BCUT2D eigenvalue weighted by Gasteiger charge is 2.32. The smallest absolute Gasteiger partial charge is 0.246 e. The first kappa shape index (κ1) is 15.0. The summed E-state index contributed by atoms with van der Waals surface area (Å²) < 4.78 is 0. The maximum absolute atomic E-state index is 12.4. The number of rotatable bonds is 4. The highest BCUT2D eigenvalue weighted by atomic mass is 16.2. The van der Waals surface area contributed by atoms with Crippen LogP contribution < -0.4 is 0 Å². The Kier molecular flexibility index (Phi) is 4.43. The van der Waals surface area contributed by atoms with Gasteiger partial charge in [-0.05, 0) is 32.9 Å². The first-order chi connectivity index (χ1) is 10.7. The van der Waals surface area contributed by atoms with Crippen LogP contribution >= 0.6 is 0 Å². The van der Waals surface area contributed by atoms with Gasteiger partial charge in [-0.3, -0.25) is 14.5 Å². The largest absolute Gasteiger partial charge is 0.339 e. The predicted molar refractivity (Wildman–Crippen MR) is 84.9 cm³/mol. The molecule has 3 aliphatic heterocycles. The maximum Gasteiger partial charge on any atom is 0.246 e. The van der Waals surface area contributed by atoms with Crippen LogP contribution in [0.3, 0.4) is 0 Å². The van der Waals surface area contributed by atoms with Crippen molar-refractivity contribution in [3.63, 3.8) is 0 Å². The highest BCUT2D eigenvalue weighted by Crippen LogP contribution is 2.28. The number of amides is 1. The number of likely N-dealkylation sites (tertiary alicyclic amines) is 1. The molecule has 3 rings (SSSR count). The second-order valence-corrected chi connectivity index (χ2v) is 6.03. The average molecular weight is 301 g/mol. The van der Waals surface area contributed by atoms with E-state index < -0.39 is 0 Å². The lowest BCUT2D eigenvalue weighted by Crippen LogP contribution is -2.52. The van der Waals surface area contributed by atoms with Crippen molar-refractivity contribution in [3.05, 3.63) is 35.7 Å². The van der Waals surface area contributed by atoms with E-state index in [2.05, 4.69) is 11.0 Å². The number of carbonyl (C=O) groups excluding carboxylic acids is 2. The Balaban J connectivity index is 1.62. The zero-order chi connectivity index (χ0) is 15.5. The fourth-order valence-corrected chi connectivity index (χ4v) is 3.26. The maximum atomic E-state index is 12.4. The van der Waals surface area contributed by atoms with Gasteiger partial charge in [0.1, 0.15) is 0 Å². The van der Waals surface area contributed by atoms with Crippen molar-refractivity contribution in [3.8, 4) is 0 Å². The van der Waals surface area contributed by atoms with Gasteiger partial charge in [-0.15, -0.1) is 0 Å². The van der Waals surface area contributed by atoms with Crippen LogP contribution in [0.2, 0.25) is 0 Å². The van der Waals surface area contributed by atoms with Crippen LogP contribution in [0.5, 0.6) is 0 Å². The van der Waals surface area contributed by atoms with E-state index in [0.717, 1.165) is 43.7 Å². The van der Waals surface area contributed by atoms with Crippen molar-refractivity contribution in [2.24, 2.45) is 0 Å². The van der Waals surface area contributed by atoms with Crippen molar-refractivity contribution >= 4 is 12.2 Å². The van der Waals surface area contributed by atoms with Gasteiger partial charge in [0.25, 0.3) is 0 Å². The fourth-order valence-electron chi connectivity index (χ4n) is 3.26. The molecule has 0 saturated carbocycles. The minimum Gasteiger partial charge on any atom is -0.339 e. The number of fused-ring (bicyclic) bond motifs is 1. The van der Waals surface area contributed by atoms with Crippen LogP contribution in [0.25, 0.3) is 0 Å². The molecule has 118 valence electrons. The lowest BCUT2D eigenvalue weighted by Gasteiger charge is -2.44. The molecule has 0 N–H and O–H groups in total. The molecule has 0 radical (unpaired) electrons. The van der Waals surface area contributed by atoms with Crippen LogP contribution in [0.4, 0.5) is 0 Å². The lowest BCUT2D eigenvalue weighted by molar-refractivity contribution is -0.128. The molecule has 0 unspecified atom stereocenters. The van der Waals surface area contributed by atoms with Crippen LogP contribution in [0.15, 0.2) is 35.7 Å². The topological polar surface area (TPSA) is 43.9 Å². The molecule has 0 aromatic heterocycles. The summed E-state index contributed by atoms with van der Waals surface area (Å²) >= 11 is 0. The first-order valence-electron chi connectivity index (χ1n) is 8.03. The van der Waals surface area contributed by atoms with Gasteiger partial charge in [0, 0.05) is 31.4 Å². The Morgan fingerprint density at radius 3 is 2.77 bits per heavy atom. The third kappa shape index (κ3) is 2.86. The molecule has 3 heterocycles. The summed E-state index contributed by atoms with van der Waals surface area (Å²) in [5, 5.41) is 0. The molecule has 22 heavy (non-hydrogen) atoms. The Morgan fingerprint density at radius 1 is 1.27 bits per heavy atom. The molecule has 5 nitrogen and oxygen atoms in total. The van der Waals surface area contributed by atoms with Gasteiger partial charge in [0.05, 0.1) is 11.7 Å². The summed E-state index contributed by atoms with van der Waals surface area (Å²) in [6, 6.07) is 0.0126. The van der Waals surface area contributed by atoms with Crippen LogP contribution in [0.1, 0.15) is 19.8 Å². The lowest BCUT2D eigenvalue weighted by atomic mass is 10.0. The van der Waals surface area contributed by atoms with E-state index in [4.69, 9.17) is 0 Å². The van der Waals surface area contributed by atoms with Gasteiger partial charge < -0.3 is 9.80 Å². The van der Waals surface area contributed by atoms with Crippen molar-refractivity contribution in [2.45, 2.75) is 25.8 Å². The van der Waals surface area contributed by atoms with E-state index in [9.17, 15) is 9.59 Å². The molecule has 0 aromatic rings. The standard InChI is InChI=1S/C17H23N3O2/c1-14-16-6-2-5-15(13-21)20(16)12-11-19(14)17(22)7-3-8-18-9-4-10-18/h3,5-7,13-14H,2,4,8-12H2,1H3/b7-3+/t14-/m0/s1. The number of nitrogens with zero attached hydrogens (tertiary/aromatic N) is 3. The summed E-state index contributed by atoms with van der Waals surface area (Å²) in [6.07, 6.45) is 10.6. The number of carbonyl (C=O) groups is 2. The Bertz CT molecular complexity index is 546. The van der Waals surface area contributed by atoms with Crippen LogP contribution in [-0.4, -0.2) is 65.7 Å². The van der Waals surface area contributed by atoms with Gasteiger partial charge >= 0.3 is 0 Å². The van der Waals surface area contributed by atoms with Crippen molar-refractivity contribution in [1.82, 2.24) is 14.7 Å². The highest BCUT2D eigenvalue weighted by molar-refractivity contribution is 5.88. The van der Waals surface area contributed by atoms with Gasteiger partial charge in [0.2, 0.25) is 5.91 Å². The Hall–Kier alpha value is -1.88. The minimum absolute atomic E-state index is 0.0126. The van der Waals surface area contributed by atoms with E-state index >= 15 is 0 Å². The number of hydrogen-bond donors (Lipinski definition) is 0. The summed E-state index contributed by atoms with van der Waals surface area (Å²) in [5.41, 5.74) is 1.80. The molecule has 1 atom stereocenters. The predicted octanol–water partition coefficient (Wildman–Crippen LogP) is 1.15. The molecule has 0 bridgehead atoms. The quantitative estimate of drug-likeness (QED) is 0.577. The number of piperazine rings is 1. The van der Waals surface area contributed by atoms with Crippen molar-refractivity contribution < 1.29 is 9.59 Å². The summed E-state index contributed by atoms with van der Waals surface area (Å²) in [5.74, 6) is 0.0655. The molecule has 0 aliphatic carbocycles. The van der Waals surface area contributed by atoms with Crippen molar-refractivity contribution in [1.29, 1.82) is 0 Å². The van der Waals surface area contributed by atoms with Crippen LogP contribution in [-0.2, 0) is 9.59 Å². The monoisotopic (exact) mass is 301 g/mol. The van der Waals surface area contributed by atoms with E-state index in [1.807, 2.05) is 28.9 Å². The molecule has 0 spiro atoms. The van der Waals surface area contributed by atoms with E-state index in [1.54, 1.807) is 6.08 Å². The fraction of sp³-hybridized carbons (Fsp3) is 0.529. The van der Waals surface area contributed by atoms with E-state index in [-0.39, 0.29) is 11.9 Å². The molecule has 3 aliphatic rings. The van der Waals surface area contributed by atoms with Gasteiger partial charge in [0.15, 0.2) is 6.29 Å². The number of hydrogen-bond acceptors (Lipinski definition) is 4. The molecule has 5 heteroatoms. The summed E-state index contributed by atoms with van der Waals surface area (Å²) in [7, 11) is 0. The summed E-state index contributed by atoms with van der Waals surface area (Å²) in [4.78, 5) is 29.8. The normalized spacial score (nSPS) is 25.4. The Morgan fingerprint density at radius 2 is 2.09 bits per heavy atom. The molecule has 2 fully saturated rings. The minimum atomic E-state index is 0.0126. The molecule has 2 saturated heterocycles. The Labute approximate surface area is 131 Å². The van der Waals surface area contributed by atoms with Gasteiger partial charge in [-0.25, -0.2) is 0 Å². The van der Waals surface area contributed by atoms with Crippen LogP contribution in [0, 0.1) is 0 Å². The van der Waals surface area contributed by atoms with Gasteiger partial charge in [-0.1, -0.05) is 18.2 Å². The first-order valence-corrected chi connectivity index (χ1v) is 8.03. The van der Waals surface area contributed by atoms with Gasteiger partial charge in [-0.2, -0.15) is 0 Å². The van der Waals surface area contributed by atoms with E-state index in [1.165, 1.54) is 6.42 Å². The second-order valence-electron chi connectivity index (χ2n) is 6.03.